The molecule has 0 spiro atoms. The normalized spacial score (nSPS) is 16.8. The number of halogens is 2. The molecule has 1 saturated heterocycles. The number of primary amides is 1. The van der Waals surface area contributed by atoms with Crippen molar-refractivity contribution in [1.82, 2.24) is 14.5 Å². The zero-order chi connectivity index (χ0) is 19.7. The maximum atomic E-state index is 11.0. The minimum atomic E-state index is -0.475. The van der Waals surface area contributed by atoms with Crippen LogP contribution in [0.25, 0.3) is 16.6 Å². The Kier molecular flexibility index (Phi) is 5.39. The van der Waals surface area contributed by atoms with Gasteiger partial charge >= 0.3 is 0 Å². The minimum absolute atomic E-state index is 0.0861. The van der Waals surface area contributed by atoms with Gasteiger partial charge in [0.15, 0.2) is 0 Å². The van der Waals surface area contributed by atoms with Gasteiger partial charge in [0, 0.05) is 30.4 Å². The van der Waals surface area contributed by atoms with Crippen LogP contribution in [-0.4, -0.2) is 46.2 Å². The van der Waals surface area contributed by atoms with Gasteiger partial charge in [-0.05, 0) is 25.0 Å². The third-order valence-electron chi connectivity index (χ3n) is 4.85. The average Bonchev–Trinajstić information content (AvgIpc) is 3.36. The lowest BCUT2D eigenvalue weighted by molar-refractivity contribution is -0.122. The zero-order valence-corrected chi connectivity index (χ0v) is 16.5. The highest BCUT2D eigenvalue weighted by Gasteiger charge is 2.27. The molecule has 4 rings (SSSR count). The van der Waals surface area contributed by atoms with E-state index in [1.807, 2.05) is 22.9 Å². The Morgan fingerprint density at radius 3 is 2.96 bits per heavy atom. The molecule has 28 heavy (non-hydrogen) atoms. The number of amides is 1. The summed E-state index contributed by atoms with van der Waals surface area (Å²) in [7, 11) is 0. The van der Waals surface area contributed by atoms with Crippen molar-refractivity contribution in [3.05, 3.63) is 47.0 Å². The molecular weight excluding hydrogens is 401 g/mol. The fourth-order valence-electron chi connectivity index (χ4n) is 3.57. The van der Waals surface area contributed by atoms with Gasteiger partial charge in [-0.15, -0.1) is 0 Å². The first-order valence-electron chi connectivity index (χ1n) is 8.94. The molecule has 146 valence electrons. The van der Waals surface area contributed by atoms with Gasteiger partial charge in [-0.1, -0.05) is 23.2 Å². The number of pyridine rings is 1. The summed E-state index contributed by atoms with van der Waals surface area (Å²) in [4.78, 5) is 22.1. The van der Waals surface area contributed by atoms with Crippen LogP contribution < -0.4 is 10.6 Å². The van der Waals surface area contributed by atoms with Crippen molar-refractivity contribution < 1.29 is 9.53 Å². The van der Waals surface area contributed by atoms with Gasteiger partial charge in [0.25, 0.3) is 0 Å². The zero-order valence-electron chi connectivity index (χ0n) is 15.0. The lowest BCUT2D eigenvalue weighted by Gasteiger charge is -2.26. The van der Waals surface area contributed by atoms with E-state index in [0.29, 0.717) is 22.2 Å². The molecule has 1 aliphatic rings. The molecule has 3 heterocycles. The Hall–Kier alpha value is -2.35. The quantitative estimate of drug-likeness (QED) is 0.662. The van der Waals surface area contributed by atoms with E-state index >= 15 is 0 Å². The first kappa shape index (κ1) is 19.0. The summed E-state index contributed by atoms with van der Waals surface area (Å²) in [6, 6.07) is 5.80. The maximum absolute atomic E-state index is 11.0. The largest absolute Gasteiger partial charge is 0.370 e. The van der Waals surface area contributed by atoms with Crippen molar-refractivity contribution >= 4 is 45.8 Å². The van der Waals surface area contributed by atoms with Gasteiger partial charge in [0.2, 0.25) is 5.91 Å². The van der Waals surface area contributed by atoms with Gasteiger partial charge in [0.1, 0.15) is 12.4 Å². The Labute approximate surface area is 172 Å². The van der Waals surface area contributed by atoms with Gasteiger partial charge in [-0.25, -0.2) is 9.97 Å². The molecule has 1 amide bonds. The Bertz CT molecular complexity index is 1010. The fraction of sp³-hybridized carbons (Fsp3) is 0.316. The highest BCUT2D eigenvalue weighted by atomic mass is 35.5. The lowest BCUT2D eigenvalue weighted by atomic mass is 10.1. The molecule has 7 nitrogen and oxygen atoms in total. The first-order valence-corrected chi connectivity index (χ1v) is 9.70. The number of anilines is 1. The summed E-state index contributed by atoms with van der Waals surface area (Å²) in [6.45, 7) is 1.16. The molecule has 1 aromatic carbocycles. The standard InChI is InChI=1S/C19H19Cl2N5O2/c20-14-4-3-13-15(25-7-5-23-11-25)8-17(24-19(13)18(14)21)26-6-1-2-12(26)9-28-10-16(22)27/h3-5,7-8,11-12H,1-2,6,9-10H2,(H2,22,27). The Balaban J connectivity index is 1.76. The van der Waals surface area contributed by atoms with Crippen molar-refractivity contribution in [3.8, 4) is 5.69 Å². The number of nitrogens with two attached hydrogens (primary N) is 1. The van der Waals surface area contributed by atoms with Crippen molar-refractivity contribution in [2.45, 2.75) is 18.9 Å². The summed E-state index contributed by atoms with van der Waals surface area (Å²) in [5.74, 6) is 0.308. The van der Waals surface area contributed by atoms with Crippen LogP contribution in [0.1, 0.15) is 12.8 Å². The molecule has 2 aromatic heterocycles. The van der Waals surface area contributed by atoms with Crippen molar-refractivity contribution in [1.29, 1.82) is 0 Å². The molecule has 0 aliphatic carbocycles. The molecule has 1 atom stereocenters. The van der Waals surface area contributed by atoms with E-state index in [1.165, 1.54) is 0 Å². The molecule has 3 aromatic rings. The second-order valence-corrected chi connectivity index (χ2v) is 7.48. The van der Waals surface area contributed by atoms with Crippen molar-refractivity contribution in [2.75, 3.05) is 24.7 Å². The smallest absolute Gasteiger partial charge is 0.243 e. The third-order valence-corrected chi connectivity index (χ3v) is 5.64. The topological polar surface area (TPSA) is 86.3 Å². The van der Waals surface area contributed by atoms with E-state index in [4.69, 9.17) is 38.7 Å². The van der Waals surface area contributed by atoms with E-state index < -0.39 is 5.91 Å². The molecule has 2 N–H and O–H groups in total. The number of carbonyl (C=O) groups excluding carboxylic acids is 1. The Morgan fingerprint density at radius 2 is 2.21 bits per heavy atom. The highest BCUT2D eigenvalue weighted by Crippen LogP contribution is 2.36. The number of rotatable bonds is 6. The molecule has 1 fully saturated rings. The van der Waals surface area contributed by atoms with Gasteiger partial charge < -0.3 is 19.9 Å². The maximum Gasteiger partial charge on any atom is 0.243 e. The second kappa shape index (κ2) is 7.95. The number of hydrogen-bond acceptors (Lipinski definition) is 5. The summed E-state index contributed by atoms with van der Waals surface area (Å²) in [6.07, 6.45) is 7.28. The monoisotopic (exact) mass is 419 g/mol. The number of aromatic nitrogens is 3. The van der Waals surface area contributed by atoms with Crippen LogP contribution in [0.2, 0.25) is 10.0 Å². The summed E-state index contributed by atoms with van der Waals surface area (Å²) < 4.78 is 7.38. The molecule has 1 aliphatic heterocycles. The van der Waals surface area contributed by atoms with Crippen LogP contribution >= 0.6 is 23.2 Å². The number of imidazole rings is 1. The van der Waals surface area contributed by atoms with Crippen molar-refractivity contribution in [2.24, 2.45) is 5.73 Å². The number of hydrogen-bond donors (Lipinski definition) is 1. The van der Waals surface area contributed by atoms with Crippen LogP contribution in [0.5, 0.6) is 0 Å². The van der Waals surface area contributed by atoms with E-state index in [0.717, 1.165) is 36.3 Å². The molecule has 1 unspecified atom stereocenters. The minimum Gasteiger partial charge on any atom is -0.370 e. The summed E-state index contributed by atoms with van der Waals surface area (Å²) in [5, 5.41) is 1.76. The molecule has 0 bridgehead atoms. The van der Waals surface area contributed by atoms with Crippen LogP contribution in [0.4, 0.5) is 5.82 Å². The molecule has 9 heteroatoms. The first-order chi connectivity index (χ1) is 13.5. The van der Waals surface area contributed by atoms with Crippen molar-refractivity contribution in [3.63, 3.8) is 0 Å². The van der Waals surface area contributed by atoms with Crippen LogP contribution in [-0.2, 0) is 9.53 Å². The lowest BCUT2D eigenvalue weighted by Crippen LogP contribution is -2.35. The SMILES string of the molecule is NC(=O)COCC1CCCN1c1cc(-n2ccnc2)c2ccc(Cl)c(Cl)c2n1. The van der Waals surface area contributed by atoms with Gasteiger partial charge in [0.05, 0.1) is 40.2 Å². The van der Waals surface area contributed by atoms with Crippen LogP contribution in [0.15, 0.2) is 36.9 Å². The predicted octanol–water partition coefficient (Wildman–Crippen LogP) is 3.20. The Morgan fingerprint density at radius 1 is 1.36 bits per heavy atom. The number of ether oxygens (including phenoxy) is 1. The van der Waals surface area contributed by atoms with Gasteiger partial charge in [-0.3, -0.25) is 4.79 Å². The molecule has 0 saturated carbocycles. The van der Waals surface area contributed by atoms with Crippen LogP contribution in [0, 0.1) is 0 Å². The number of nitrogens with zero attached hydrogens (tertiary/aromatic N) is 4. The second-order valence-electron chi connectivity index (χ2n) is 6.70. The predicted molar refractivity (Wildman–Crippen MR) is 109 cm³/mol. The van der Waals surface area contributed by atoms with Crippen LogP contribution in [0.3, 0.4) is 0 Å². The summed E-state index contributed by atoms with van der Waals surface area (Å²) in [5.41, 5.74) is 6.72. The van der Waals surface area contributed by atoms with E-state index in [1.54, 1.807) is 18.6 Å². The fourth-order valence-corrected chi connectivity index (χ4v) is 3.93. The molecular formula is C19H19Cl2N5O2. The van der Waals surface area contributed by atoms with E-state index in [9.17, 15) is 4.79 Å². The average molecular weight is 420 g/mol. The van der Waals surface area contributed by atoms with E-state index in [2.05, 4.69) is 9.88 Å². The number of carbonyl (C=O) groups is 1. The van der Waals surface area contributed by atoms with Gasteiger partial charge in [-0.2, -0.15) is 0 Å². The summed E-state index contributed by atoms with van der Waals surface area (Å²) >= 11 is 12.7. The van der Waals surface area contributed by atoms with E-state index in [-0.39, 0.29) is 12.6 Å². The molecule has 0 radical (unpaired) electrons. The number of fused-ring (bicyclic) bond motifs is 1. The number of benzene rings is 1. The highest BCUT2D eigenvalue weighted by molar-refractivity contribution is 6.45. The third kappa shape index (κ3) is 3.65.